The Balaban J connectivity index is 1.52. The molecule has 24 heavy (non-hydrogen) atoms. The summed E-state index contributed by atoms with van der Waals surface area (Å²) in [7, 11) is 0. The molecule has 0 atom stereocenters. The molecule has 2 aliphatic heterocycles. The molecule has 3 rings (SSSR count). The predicted octanol–water partition coefficient (Wildman–Crippen LogP) is 4.08. The third kappa shape index (κ3) is 4.11. The van der Waals surface area contributed by atoms with E-state index in [1.165, 1.54) is 0 Å². The molecule has 7 heteroatoms. The largest absolute Gasteiger partial charge is 0.325 e. The Bertz CT molecular complexity index is 624. The number of carbonyl (C=O) groups is 2. The van der Waals surface area contributed by atoms with Gasteiger partial charge in [0.05, 0.1) is 5.69 Å². The van der Waals surface area contributed by atoms with Crippen molar-refractivity contribution in [3.05, 3.63) is 27.1 Å². The molecule has 3 amide bonds. The summed E-state index contributed by atoms with van der Waals surface area (Å²) in [5, 5.41) is 2.99. The van der Waals surface area contributed by atoms with E-state index in [0.717, 1.165) is 53.4 Å². The van der Waals surface area contributed by atoms with Crippen LogP contribution in [-0.2, 0) is 4.79 Å². The van der Waals surface area contributed by atoms with Crippen LogP contribution in [-0.4, -0.2) is 47.9 Å². The molecule has 5 nitrogen and oxygen atoms in total. The average Bonchev–Trinajstić information content (AvgIpc) is 3.11. The van der Waals surface area contributed by atoms with Gasteiger partial charge >= 0.3 is 6.03 Å². The van der Waals surface area contributed by atoms with E-state index >= 15 is 0 Å². The number of likely N-dealkylation sites (tertiary alicyclic amines) is 2. The number of anilines is 1. The second kappa shape index (κ2) is 7.87. The summed E-state index contributed by atoms with van der Waals surface area (Å²) in [5.74, 6) is -0.00512. The number of halogens is 2. The van der Waals surface area contributed by atoms with Crippen molar-refractivity contribution >= 4 is 49.5 Å². The molecular formula is C17H21Br2N3O2. The van der Waals surface area contributed by atoms with Gasteiger partial charge in [0.15, 0.2) is 0 Å². The van der Waals surface area contributed by atoms with Crippen molar-refractivity contribution in [3.63, 3.8) is 0 Å². The first-order chi connectivity index (χ1) is 11.5. The summed E-state index contributed by atoms with van der Waals surface area (Å²) < 4.78 is 1.81. The fourth-order valence-corrected chi connectivity index (χ4v) is 4.41. The standard InChI is InChI=1S/C17H21Br2N3O2/c18-13-3-4-15(14(19)11-13)20-16(23)12-5-9-22(10-6-12)17(24)21-7-1-2-8-21/h3-4,11-12H,1-2,5-10H2,(H,20,23). The third-order valence-corrected chi connectivity index (χ3v) is 5.85. The monoisotopic (exact) mass is 457 g/mol. The molecule has 130 valence electrons. The Morgan fingerprint density at radius 2 is 1.62 bits per heavy atom. The lowest BCUT2D eigenvalue weighted by Gasteiger charge is -2.34. The first kappa shape index (κ1) is 17.7. The van der Waals surface area contributed by atoms with Crippen LogP contribution in [0.25, 0.3) is 0 Å². The molecule has 1 N–H and O–H groups in total. The molecule has 2 aliphatic rings. The van der Waals surface area contributed by atoms with Gasteiger partial charge in [-0.3, -0.25) is 4.79 Å². The lowest BCUT2D eigenvalue weighted by molar-refractivity contribution is -0.121. The summed E-state index contributed by atoms with van der Waals surface area (Å²) in [6.07, 6.45) is 3.65. The highest BCUT2D eigenvalue weighted by Crippen LogP contribution is 2.28. The third-order valence-electron chi connectivity index (χ3n) is 4.70. The number of carbonyl (C=O) groups excluding carboxylic acids is 2. The van der Waals surface area contributed by atoms with E-state index in [-0.39, 0.29) is 17.9 Å². The van der Waals surface area contributed by atoms with E-state index in [1.807, 2.05) is 28.0 Å². The van der Waals surface area contributed by atoms with Crippen molar-refractivity contribution in [2.45, 2.75) is 25.7 Å². The van der Waals surface area contributed by atoms with Crippen molar-refractivity contribution in [2.75, 3.05) is 31.5 Å². The van der Waals surface area contributed by atoms with Crippen LogP contribution in [0.5, 0.6) is 0 Å². The Morgan fingerprint density at radius 1 is 1.00 bits per heavy atom. The van der Waals surface area contributed by atoms with Gasteiger partial charge in [-0.25, -0.2) is 4.79 Å². The van der Waals surface area contributed by atoms with E-state index in [2.05, 4.69) is 37.2 Å². The van der Waals surface area contributed by atoms with E-state index in [0.29, 0.717) is 13.1 Å². The summed E-state index contributed by atoms with van der Waals surface area (Å²) in [4.78, 5) is 28.7. The molecule has 0 aromatic heterocycles. The predicted molar refractivity (Wildman–Crippen MR) is 101 cm³/mol. The van der Waals surface area contributed by atoms with Crippen LogP contribution in [0.15, 0.2) is 27.1 Å². The number of nitrogens with zero attached hydrogens (tertiary/aromatic N) is 2. The molecule has 0 saturated carbocycles. The highest BCUT2D eigenvalue weighted by Gasteiger charge is 2.30. The van der Waals surface area contributed by atoms with Crippen LogP contribution in [0.1, 0.15) is 25.7 Å². The second-order valence-corrected chi connectivity index (χ2v) is 8.12. The Hall–Kier alpha value is -1.08. The zero-order valence-corrected chi connectivity index (χ0v) is 16.6. The molecule has 2 saturated heterocycles. The summed E-state index contributed by atoms with van der Waals surface area (Å²) in [6.45, 7) is 3.07. The minimum atomic E-state index is -0.0387. The van der Waals surface area contributed by atoms with Crippen LogP contribution >= 0.6 is 31.9 Å². The van der Waals surface area contributed by atoms with E-state index in [9.17, 15) is 9.59 Å². The molecule has 0 bridgehead atoms. The van der Waals surface area contributed by atoms with Crippen molar-refractivity contribution < 1.29 is 9.59 Å². The van der Waals surface area contributed by atoms with Gasteiger partial charge in [0.2, 0.25) is 5.91 Å². The lowest BCUT2D eigenvalue weighted by atomic mass is 9.96. The normalized spacial score (nSPS) is 18.8. The minimum absolute atomic E-state index is 0.0336. The fraction of sp³-hybridized carbons (Fsp3) is 0.529. The number of urea groups is 1. The van der Waals surface area contributed by atoms with E-state index in [1.54, 1.807) is 0 Å². The van der Waals surface area contributed by atoms with Gasteiger partial charge in [0.25, 0.3) is 0 Å². The van der Waals surface area contributed by atoms with Crippen molar-refractivity contribution in [2.24, 2.45) is 5.92 Å². The highest BCUT2D eigenvalue weighted by molar-refractivity contribution is 9.11. The minimum Gasteiger partial charge on any atom is -0.325 e. The number of piperidine rings is 1. The number of hydrogen-bond acceptors (Lipinski definition) is 2. The van der Waals surface area contributed by atoms with Gasteiger partial charge in [-0.1, -0.05) is 15.9 Å². The lowest BCUT2D eigenvalue weighted by Crippen LogP contribution is -2.47. The number of benzene rings is 1. The maximum atomic E-state index is 12.5. The Labute approximate surface area is 159 Å². The van der Waals surface area contributed by atoms with Crippen LogP contribution in [0, 0.1) is 5.92 Å². The summed E-state index contributed by atoms with van der Waals surface area (Å²) >= 11 is 6.87. The zero-order valence-electron chi connectivity index (χ0n) is 13.4. The number of rotatable bonds is 2. The summed E-state index contributed by atoms with van der Waals surface area (Å²) in [6, 6.07) is 5.82. The van der Waals surface area contributed by atoms with Gasteiger partial charge in [-0.2, -0.15) is 0 Å². The van der Waals surface area contributed by atoms with Crippen molar-refractivity contribution in [3.8, 4) is 0 Å². The van der Waals surface area contributed by atoms with Crippen LogP contribution in [0.4, 0.5) is 10.5 Å². The average molecular weight is 459 g/mol. The highest BCUT2D eigenvalue weighted by atomic mass is 79.9. The number of nitrogens with one attached hydrogen (secondary N) is 1. The molecule has 1 aromatic carbocycles. The topological polar surface area (TPSA) is 52.7 Å². The van der Waals surface area contributed by atoms with Crippen LogP contribution in [0.2, 0.25) is 0 Å². The Kier molecular flexibility index (Phi) is 5.81. The second-order valence-electron chi connectivity index (χ2n) is 6.35. The number of amides is 3. The van der Waals surface area contributed by atoms with Gasteiger partial charge in [-0.05, 0) is 59.8 Å². The van der Waals surface area contributed by atoms with Crippen molar-refractivity contribution in [1.82, 2.24) is 9.80 Å². The molecule has 0 aliphatic carbocycles. The van der Waals surface area contributed by atoms with Gasteiger partial charge in [0.1, 0.15) is 0 Å². The zero-order chi connectivity index (χ0) is 17.1. The maximum Gasteiger partial charge on any atom is 0.319 e. The first-order valence-corrected chi connectivity index (χ1v) is 9.93. The van der Waals surface area contributed by atoms with E-state index in [4.69, 9.17) is 0 Å². The van der Waals surface area contributed by atoms with Gasteiger partial charge in [-0.15, -0.1) is 0 Å². The molecule has 2 fully saturated rings. The van der Waals surface area contributed by atoms with Crippen LogP contribution < -0.4 is 5.32 Å². The summed E-state index contributed by atoms with van der Waals surface area (Å²) in [5.41, 5.74) is 0.777. The molecule has 1 aromatic rings. The Morgan fingerprint density at radius 3 is 2.25 bits per heavy atom. The molecule has 0 spiro atoms. The molecule has 2 heterocycles. The quantitative estimate of drug-likeness (QED) is 0.725. The molecular weight excluding hydrogens is 438 g/mol. The molecule has 0 radical (unpaired) electrons. The first-order valence-electron chi connectivity index (χ1n) is 8.34. The molecule has 0 unspecified atom stereocenters. The number of hydrogen-bond donors (Lipinski definition) is 1. The van der Waals surface area contributed by atoms with E-state index < -0.39 is 0 Å². The van der Waals surface area contributed by atoms with Gasteiger partial charge < -0.3 is 15.1 Å². The van der Waals surface area contributed by atoms with Crippen molar-refractivity contribution in [1.29, 1.82) is 0 Å². The fourth-order valence-electron chi connectivity index (χ4n) is 3.27. The van der Waals surface area contributed by atoms with Gasteiger partial charge in [0, 0.05) is 41.0 Å². The maximum absolute atomic E-state index is 12.5. The smallest absolute Gasteiger partial charge is 0.319 e. The SMILES string of the molecule is O=C(Nc1ccc(Br)cc1Br)C1CCN(C(=O)N2CCCC2)CC1. The van der Waals surface area contributed by atoms with Crippen LogP contribution in [0.3, 0.4) is 0 Å².